The average molecular weight is 270 g/mol. The first kappa shape index (κ1) is 13.1. The van der Waals surface area contributed by atoms with Gasteiger partial charge in [0.25, 0.3) is 0 Å². The second kappa shape index (κ2) is 4.72. The van der Waals surface area contributed by atoms with Gasteiger partial charge in [-0.1, -0.05) is 25.4 Å². The van der Waals surface area contributed by atoms with Gasteiger partial charge in [0, 0.05) is 13.1 Å². The maximum atomic E-state index is 11.5. The lowest BCUT2D eigenvalue weighted by Crippen LogP contribution is -2.39. The van der Waals surface area contributed by atoms with E-state index in [9.17, 15) is 9.90 Å². The van der Waals surface area contributed by atoms with Crippen LogP contribution in [0.4, 0.5) is 5.82 Å². The molecule has 18 heavy (non-hydrogen) atoms. The molecule has 1 unspecified atom stereocenters. The number of aliphatic carboxylic acids is 1. The van der Waals surface area contributed by atoms with Crippen molar-refractivity contribution in [1.29, 1.82) is 0 Å². The molecule has 1 aromatic heterocycles. The van der Waals surface area contributed by atoms with E-state index in [0.717, 1.165) is 0 Å². The van der Waals surface area contributed by atoms with Crippen LogP contribution >= 0.6 is 11.6 Å². The molecule has 98 valence electrons. The molecule has 2 rings (SSSR count). The fourth-order valence-electron chi connectivity index (χ4n) is 2.40. The number of carboxylic acid groups (broad SMARTS) is 1. The zero-order valence-corrected chi connectivity index (χ0v) is 11.2. The van der Waals surface area contributed by atoms with Crippen LogP contribution in [-0.4, -0.2) is 34.4 Å². The highest BCUT2D eigenvalue weighted by Crippen LogP contribution is 2.39. The number of carboxylic acids is 1. The van der Waals surface area contributed by atoms with E-state index in [2.05, 4.69) is 10.2 Å². The Hall–Kier alpha value is -1.36. The van der Waals surface area contributed by atoms with Crippen molar-refractivity contribution in [2.75, 3.05) is 18.0 Å². The molecule has 0 saturated carbocycles. The van der Waals surface area contributed by atoms with Gasteiger partial charge in [0.15, 0.2) is 11.0 Å². The molecule has 1 N–H and O–H groups in total. The van der Waals surface area contributed by atoms with E-state index in [1.54, 1.807) is 12.1 Å². The summed E-state index contributed by atoms with van der Waals surface area (Å²) >= 11 is 5.69. The molecular weight excluding hydrogens is 254 g/mol. The topological polar surface area (TPSA) is 66.3 Å². The van der Waals surface area contributed by atoms with Gasteiger partial charge in [0.05, 0.1) is 5.41 Å². The van der Waals surface area contributed by atoms with Gasteiger partial charge in [-0.15, -0.1) is 10.2 Å². The molecule has 0 bridgehead atoms. The third kappa shape index (κ3) is 2.14. The van der Waals surface area contributed by atoms with Crippen LogP contribution in [0.3, 0.4) is 0 Å². The third-order valence-electron chi connectivity index (χ3n) is 3.77. The molecule has 1 aliphatic rings. The molecule has 5 nitrogen and oxygen atoms in total. The van der Waals surface area contributed by atoms with Crippen molar-refractivity contribution in [3.63, 3.8) is 0 Å². The van der Waals surface area contributed by atoms with Gasteiger partial charge in [-0.05, 0) is 24.5 Å². The van der Waals surface area contributed by atoms with Crippen LogP contribution in [0.1, 0.15) is 20.3 Å². The summed E-state index contributed by atoms with van der Waals surface area (Å²) in [6.45, 7) is 5.05. The van der Waals surface area contributed by atoms with E-state index < -0.39 is 11.4 Å². The summed E-state index contributed by atoms with van der Waals surface area (Å²) in [4.78, 5) is 13.5. The number of carbonyl (C=O) groups is 1. The molecule has 2 heterocycles. The first-order valence-corrected chi connectivity index (χ1v) is 6.31. The molecule has 0 radical (unpaired) electrons. The number of hydrogen-bond donors (Lipinski definition) is 1. The normalized spacial score (nSPS) is 23.7. The van der Waals surface area contributed by atoms with Gasteiger partial charge in [-0.2, -0.15) is 0 Å². The molecule has 6 heteroatoms. The third-order valence-corrected chi connectivity index (χ3v) is 3.98. The van der Waals surface area contributed by atoms with Crippen molar-refractivity contribution < 1.29 is 9.90 Å². The Balaban J connectivity index is 2.21. The van der Waals surface area contributed by atoms with Crippen molar-refractivity contribution >= 4 is 23.4 Å². The van der Waals surface area contributed by atoms with Crippen LogP contribution in [-0.2, 0) is 4.79 Å². The van der Waals surface area contributed by atoms with E-state index in [1.165, 1.54) is 0 Å². The molecule has 1 fully saturated rings. The summed E-state index contributed by atoms with van der Waals surface area (Å²) in [5.74, 6) is 0.0327. The van der Waals surface area contributed by atoms with Gasteiger partial charge in [0.1, 0.15) is 0 Å². The Morgan fingerprint density at radius 3 is 2.67 bits per heavy atom. The van der Waals surface area contributed by atoms with E-state index in [4.69, 9.17) is 11.6 Å². The smallest absolute Gasteiger partial charge is 0.311 e. The lowest BCUT2D eigenvalue weighted by atomic mass is 9.76. The standard InChI is InChI=1S/C12H16ClN3O2/c1-8(2)12(11(17)18)5-6-16(7-12)10-4-3-9(13)14-15-10/h3-4,8H,5-7H2,1-2H3,(H,17,18). The molecule has 1 atom stereocenters. The van der Waals surface area contributed by atoms with Crippen LogP contribution in [0.2, 0.25) is 5.15 Å². The lowest BCUT2D eigenvalue weighted by molar-refractivity contribution is -0.150. The van der Waals surface area contributed by atoms with E-state index in [-0.39, 0.29) is 5.92 Å². The average Bonchev–Trinajstić information content (AvgIpc) is 2.76. The van der Waals surface area contributed by atoms with Crippen molar-refractivity contribution in [2.45, 2.75) is 20.3 Å². The lowest BCUT2D eigenvalue weighted by Gasteiger charge is -2.28. The molecule has 0 aliphatic carbocycles. The number of aromatic nitrogens is 2. The Morgan fingerprint density at radius 2 is 2.22 bits per heavy atom. The number of halogens is 1. The van der Waals surface area contributed by atoms with E-state index in [1.807, 2.05) is 18.7 Å². The fourth-order valence-corrected chi connectivity index (χ4v) is 2.50. The van der Waals surface area contributed by atoms with Crippen LogP contribution in [0.15, 0.2) is 12.1 Å². The molecule has 1 aromatic rings. The van der Waals surface area contributed by atoms with Gasteiger partial charge >= 0.3 is 5.97 Å². The van der Waals surface area contributed by atoms with Crippen molar-refractivity contribution in [3.05, 3.63) is 17.3 Å². The number of hydrogen-bond acceptors (Lipinski definition) is 4. The van der Waals surface area contributed by atoms with E-state index in [0.29, 0.717) is 30.5 Å². The van der Waals surface area contributed by atoms with E-state index >= 15 is 0 Å². The second-order valence-electron chi connectivity index (χ2n) is 5.00. The summed E-state index contributed by atoms with van der Waals surface area (Å²) in [5, 5.41) is 17.6. The Morgan fingerprint density at radius 1 is 1.50 bits per heavy atom. The summed E-state index contributed by atoms with van der Waals surface area (Å²) in [6, 6.07) is 3.44. The molecule has 1 aliphatic heterocycles. The summed E-state index contributed by atoms with van der Waals surface area (Å²) in [6.07, 6.45) is 0.629. The van der Waals surface area contributed by atoms with Gasteiger partial charge in [-0.3, -0.25) is 4.79 Å². The SMILES string of the molecule is CC(C)C1(C(=O)O)CCN(c2ccc(Cl)nn2)C1. The first-order chi connectivity index (χ1) is 8.45. The predicted octanol–water partition coefficient (Wildman–Crippen LogP) is 2.07. The molecule has 0 spiro atoms. The van der Waals surface area contributed by atoms with Crippen LogP contribution in [0.25, 0.3) is 0 Å². The number of nitrogens with zero attached hydrogens (tertiary/aromatic N) is 3. The van der Waals surface area contributed by atoms with Crippen LogP contribution in [0, 0.1) is 11.3 Å². The molecule has 1 saturated heterocycles. The number of anilines is 1. The monoisotopic (exact) mass is 269 g/mol. The van der Waals surface area contributed by atoms with Gasteiger partial charge < -0.3 is 10.0 Å². The number of rotatable bonds is 3. The zero-order chi connectivity index (χ0) is 13.3. The molecule has 0 aromatic carbocycles. The zero-order valence-electron chi connectivity index (χ0n) is 10.4. The minimum absolute atomic E-state index is 0.0836. The summed E-state index contributed by atoms with van der Waals surface area (Å²) in [7, 11) is 0. The molecular formula is C12H16ClN3O2. The van der Waals surface area contributed by atoms with Gasteiger partial charge in [0.2, 0.25) is 0 Å². The highest BCUT2D eigenvalue weighted by molar-refractivity contribution is 6.29. The quantitative estimate of drug-likeness (QED) is 0.910. The highest BCUT2D eigenvalue weighted by Gasteiger charge is 2.47. The fraction of sp³-hybridized carbons (Fsp3) is 0.583. The Bertz CT molecular complexity index is 449. The van der Waals surface area contributed by atoms with Crippen molar-refractivity contribution in [2.24, 2.45) is 11.3 Å². The molecule has 0 amide bonds. The first-order valence-electron chi connectivity index (χ1n) is 5.93. The minimum Gasteiger partial charge on any atom is -0.481 e. The maximum Gasteiger partial charge on any atom is 0.311 e. The maximum absolute atomic E-state index is 11.5. The predicted molar refractivity (Wildman–Crippen MR) is 68.8 cm³/mol. The summed E-state index contributed by atoms with van der Waals surface area (Å²) in [5.41, 5.74) is -0.693. The summed E-state index contributed by atoms with van der Waals surface area (Å²) < 4.78 is 0. The van der Waals surface area contributed by atoms with Gasteiger partial charge in [-0.25, -0.2) is 0 Å². The van der Waals surface area contributed by atoms with Crippen molar-refractivity contribution in [3.8, 4) is 0 Å². The largest absolute Gasteiger partial charge is 0.481 e. The minimum atomic E-state index is -0.734. The Kier molecular flexibility index (Phi) is 3.43. The van der Waals surface area contributed by atoms with Crippen molar-refractivity contribution in [1.82, 2.24) is 10.2 Å². The Labute approximate surface area is 111 Å². The second-order valence-corrected chi connectivity index (χ2v) is 5.39. The van der Waals surface area contributed by atoms with Crippen LogP contribution < -0.4 is 4.90 Å². The highest BCUT2D eigenvalue weighted by atomic mass is 35.5. The van der Waals surface area contributed by atoms with Crippen LogP contribution in [0.5, 0.6) is 0 Å².